The second-order valence-corrected chi connectivity index (χ2v) is 4.91. The third-order valence-corrected chi connectivity index (χ3v) is 3.43. The highest BCUT2D eigenvalue weighted by atomic mass is 19.1. The number of aliphatic hydroxyl groups is 1. The summed E-state index contributed by atoms with van der Waals surface area (Å²) in [4.78, 5) is 6.33. The number of ether oxygens (including phenoxy) is 1. The topological polar surface area (TPSA) is 58.7 Å². The van der Waals surface area contributed by atoms with Gasteiger partial charge in [0, 0.05) is 19.2 Å². The van der Waals surface area contributed by atoms with Crippen LogP contribution in [0.15, 0.2) is 22.6 Å². The van der Waals surface area contributed by atoms with E-state index in [4.69, 9.17) is 14.3 Å². The smallest absolute Gasteiger partial charge is 0.298 e. The summed E-state index contributed by atoms with van der Waals surface area (Å²) in [7, 11) is 0. The second-order valence-electron chi connectivity index (χ2n) is 4.91. The largest absolute Gasteiger partial charge is 0.423 e. The molecule has 3 rings (SSSR count). The molecule has 6 heteroatoms. The number of oxazole rings is 1. The third-order valence-electron chi connectivity index (χ3n) is 3.43. The number of aromatic nitrogens is 1. The first-order chi connectivity index (χ1) is 9.76. The van der Waals surface area contributed by atoms with Crippen LogP contribution in [0.2, 0.25) is 0 Å². The van der Waals surface area contributed by atoms with Gasteiger partial charge in [0.15, 0.2) is 5.58 Å². The number of halogens is 1. The highest BCUT2D eigenvalue weighted by Crippen LogP contribution is 2.25. The number of nitrogens with zero attached hydrogens (tertiary/aromatic N) is 2. The van der Waals surface area contributed by atoms with Crippen molar-refractivity contribution in [1.29, 1.82) is 0 Å². The molecule has 1 atom stereocenters. The standard InChI is InChI=1S/C14H17FN2O3/c15-10-3-4-13-12(8-10)16-14(20-13)17-5-1-2-11(9-17)19-7-6-18/h3-4,8,11,18H,1-2,5-7,9H2. The SMILES string of the molecule is OCCOC1CCCN(c2nc3cc(F)ccc3o2)C1. The van der Waals surface area contributed by atoms with Crippen molar-refractivity contribution >= 4 is 17.1 Å². The number of hydrogen-bond donors (Lipinski definition) is 1. The van der Waals surface area contributed by atoms with Gasteiger partial charge in [0.05, 0.1) is 19.3 Å². The van der Waals surface area contributed by atoms with Crippen molar-refractivity contribution in [1.82, 2.24) is 4.98 Å². The van der Waals surface area contributed by atoms with Gasteiger partial charge < -0.3 is 19.2 Å². The van der Waals surface area contributed by atoms with Crippen molar-refractivity contribution in [2.24, 2.45) is 0 Å². The van der Waals surface area contributed by atoms with Gasteiger partial charge in [-0.2, -0.15) is 4.98 Å². The number of anilines is 1. The van der Waals surface area contributed by atoms with Crippen LogP contribution in [0.3, 0.4) is 0 Å². The van der Waals surface area contributed by atoms with Crippen LogP contribution in [-0.4, -0.2) is 42.5 Å². The van der Waals surface area contributed by atoms with E-state index in [0.29, 0.717) is 30.3 Å². The van der Waals surface area contributed by atoms with Gasteiger partial charge in [-0.25, -0.2) is 4.39 Å². The van der Waals surface area contributed by atoms with E-state index in [9.17, 15) is 4.39 Å². The molecule has 0 saturated carbocycles. The predicted octanol–water partition coefficient (Wildman–Crippen LogP) is 1.94. The van der Waals surface area contributed by atoms with E-state index >= 15 is 0 Å². The summed E-state index contributed by atoms with van der Waals surface area (Å²) in [5.41, 5.74) is 1.11. The van der Waals surface area contributed by atoms with Crippen LogP contribution in [0.5, 0.6) is 0 Å². The lowest BCUT2D eigenvalue weighted by Crippen LogP contribution is -2.40. The number of hydrogen-bond acceptors (Lipinski definition) is 5. The van der Waals surface area contributed by atoms with E-state index in [1.807, 2.05) is 4.90 Å². The minimum Gasteiger partial charge on any atom is -0.423 e. The van der Waals surface area contributed by atoms with Crippen LogP contribution in [0.25, 0.3) is 11.1 Å². The molecule has 108 valence electrons. The molecule has 0 amide bonds. The van der Waals surface area contributed by atoms with Crippen LogP contribution in [-0.2, 0) is 4.74 Å². The normalized spacial score (nSPS) is 19.7. The van der Waals surface area contributed by atoms with Crippen molar-refractivity contribution in [3.63, 3.8) is 0 Å². The first-order valence-electron chi connectivity index (χ1n) is 6.80. The Kier molecular flexibility index (Phi) is 3.84. The Morgan fingerprint density at radius 3 is 3.25 bits per heavy atom. The molecular formula is C14H17FN2O3. The number of aliphatic hydroxyl groups excluding tert-OH is 1. The zero-order valence-corrected chi connectivity index (χ0v) is 11.1. The van der Waals surface area contributed by atoms with Gasteiger partial charge in [-0.1, -0.05) is 0 Å². The number of benzene rings is 1. The molecule has 1 aliphatic heterocycles. The Morgan fingerprint density at radius 2 is 2.40 bits per heavy atom. The van der Waals surface area contributed by atoms with Crippen molar-refractivity contribution < 1.29 is 18.7 Å². The van der Waals surface area contributed by atoms with Gasteiger partial charge >= 0.3 is 0 Å². The zero-order valence-electron chi connectivity index (χ0n) is 11.1. The van der Waals surface area contributed by atoms with Gasteiger partial charge in [0.25, 0.3) is 6.01 Å². The summed E-state index contributed by atoms with van der Waals surface area (Å²) in [6.07, 6.45) is 2.01. The van der Waals surface area contributed by atoms with Crippen LogP contribution in [0.1, 0.15) is 12.8 Å². The van der Waals surface area contributed by atoms with Crippen molar-refractivity contribution in [2.45, 2.75) is 18.9 Å². The molecule has 2 heterocycles. The lowest BCUT2D eigenvalue weighted by atomic mass is 10.1. The Labute approximate surface area is 116 Å². The average Bonchev–Trinajstić information content (AvgIpc) is 2.88. The lowest BCUT2D eigenvalue weighted by molar-refractivity contribution is 0.0208. The fraction of sp³-hybridized carbons (Fsp3) is 0.500. The summed E-state index contributed by atoms with van der Waals surface area (Å²) in [6, 6.07) is 4.82. The molecule has 0 aliphatic carbocycles. The fourth-order valence-corrected chi connectivity index (χ4v) is 2.49. The summed E-state index contributed by atoms with van der Waals surface area (Å²) < 4.78 is 24.4. The third kappa shape index (κ3) is 2.76. The van der Waals surface area contributed by atoms with Crippen molar-refractivity contribution in [3.8, 4) is 0 Å². The monoisotopic (exact) mass is 280 g/mol. The van der Waals surface area contributed by atoms with Crippen molar-refractivity contribution in [3.05, 3.63) is 24.0 Å². The molecule has 1 fully saturated rings. The van der Waals surface area contributed by atoms with Crippen LogP contribution in [0.4, 0.5) is 10.4 Å². The molecule has 0 bridgehead atoms. The maximum Gasteiger partial charge on any atom is 0.298 e. The van der Waals surface area contributed by atoms with E-state index in [1.54, 1.807) is 6.07 Å². The molecule has 1 aliphatic rings. The molecule has 1 N–H and O–H groups in total. The Hall–Kier alpha value is -1.66. The van der Waals surface area contributed by atoms with E-state index in [0.717, 1.165) is 19.4 Å². The first-order valence-corrected chi connectivity index (χ1v) is 6.80. The molecule has 5 nitrogen and oxygen atoms in total. The minimum atomic E-state index is -0.319. The van der Waals surface area contributed by atoms with Gasteiger partial charge in [-0.15, -0.1) is 0 Å². The second kappa shape index (κ2) is 5.76. The van der Waals surface area contributed by atoms with Crippen LogP contribution in [0, 0.1) is 5.82 Å². The maximum absolute atomic E-state index is 13.2. The van der Waals surface area contributed by atoms with Gasteiger partial charge in [0.2, 0.25) is 0 Å². The highest BCUT2D eigenvalue weighted by Gasteiger charge is 2.24. The fourth-order valence-electron chi connectivity index (χ4n) is 2.49. The quantitative estimate of drug-likeness (QED) is 0.927. The maximum atomic E-state index is 13.2. The van der Waals surface area contributed by atoms with Crippen molar-refractivity contribution in [2.75, 3.05) is 31.2 Å². The number of piperidine rings is 1. The molecule has 20 heavy (non-hydrogen) atoms. The Morgan fingerprint density at radius 1 is 1.50 bits per heavy atom. The zero-order chi connectivity index (χ0) is 13.9. The lowest BCUT2D eigenvalue weighted by Gasteiger charge is -2.31. The molecule has 1 saturated heterocycles. The summed E-state index contributed by atoms with van der Waals surface area (Å²) >= 11 is 0. The van der Waals surface area contributed by atoms with E-state index in [-0.39, 0.29) is 18.5 Å². The average molecular weight is 280 g/mol. The molecule has 1 aromatic heterocycles. The minimum absolute atomic E-state index is 0.0265. The Bertz CT molecular complexity index is 587. The van der Waals surface area contributed by atoms with Gasteiger partial charge in [-0.05, 0) is 25.0 Å². The van der Waals surface area contributed by atoms with Crippen LogP contribution >= 0.6 is 0 Å². The Balaban J connectivity index is 1.76. The highest BCUT2D eigenvalue weighted by molar-refractivity contribution is 5.74. The molecule has 1 unspecified atom stereocenters. The van der Waals surface area contributed by atoms with Crippen LogP contribution < -0.4 is 4.90 Å². The van der Waals surface area contributed by atoms with E-state index in [1.165, 1.54) is 12.1 Å². The summed E-state index contributed by atoms with van der Waals surface area (Å²) in [5.74, 6) is -0.319. The summed E-state index contributed by atoms with van der Waals surface area (Å²) in [6.45, 7) is 1.89. The number of fused-ring (bicyclic) bond motifs is 1. The van der Waals surface area contributed by atoms with Gasteiger partial charge in [-0.3, -0.25) is 0 Å². The first kappa shape index (κ1) is 13.3. The van der Waals surface area contributed by atoms with Gasteiger partial charge in [0.1, 0.15) is 11.3 Å². The predicted molar refractivity (Wildman–Crippen MR) is 72.2 cm³/mol. The summed E-state index contributed by atoms with van der Waals surface area (Å²) in [5, 5.41) is 8.80. The molecule has 1 aromatic carbocycles. The molecule has 2 aromatic rings. The van der Waals surface area contributed by atoms with E-state index in [2.05, 4.69) is 4.98 Å². The molecule has 0 radical (unpaired) electrons. The molecule has 0 spiro atoms. The molecular weight excluding hydrogens is 263 g/mol. The number of rotatable bonds is 4. The van der Waals surface area contributed by atoms with E-state index < -0.39 is 0 Å².